The molecule has 1 atom stereocenters. The minimum Gasteiger partial charge on any atom is -0.481 e. The van der Waals surface area contributed by atoms with Crippen LogP contribution in [0.15, 0.2) is 18.2 Å². The van der Waals surface area contributed by atoms with Gasteiger partial charge in [0.05, 0.1) is 23.4 Å². The lowest BCUT2D eigenvalue weighted by molar-refractivity contribution is -0.144. The van der Waals surface area contributed by atoms with Crippen molar-refractivity contribution in [3.63, 3.8) is 0 Å². The summed E-state index contributed by atoms with van der Waals surface area (Å²) in [5.41, 5.74) is 0.354. The van der Waals surface area contributed by atoms with Crippen LogP contribution >= 0.6 is 11.6 Å². The van der Waals surface area contributed by atoms with Crippen molar-refractivity contribution in [2.75, 3.05) is 12.4 Å². The first-order chi connectivity index (χ1) is 8.86. The number of benzene rings is 1. The Bertz CT molecular complexity index is 529. The molecule has 0 aliphatic heterocycles. The maximum atomic E-state index is 11.6. The molecule has 2 N–H and O–H groups in total. The number of nitrogens with one attached hydrogen (secondary N) is 1. The number of hydrogen-bond acceptors (Lipinski definition) is 4. The van der Waals surface area contributed by atoms with Crippen LogP contribution in [0.25, 0.3) is 0 Å². The molecule has 0 fully saturated rings. The molecule has 1 rings (SSSR count). The molecule has 102 valence electrons. The highest BCUT2D eigenvalue weighted by molar-refractivity contribution is 6.34. The fraction of sp³-hybridized carbons (Fsp3) is 0.250. The number of amides is 1. The molecule has 0 aromatic heterocycles. The van der Waals surface area contributed by atoms with Gasteiger partial charge < -0.3 is 15.2 Å². The summed E-state index contributed by atoms with van der Waals surface area (Å²) in [4.78, 5) is 33.6. The topological polar surface area (TPSA) is 92.7 Å². The smallest absolute Gasteiger partial charge is 0.337 e. The molecule has 0 heterocycles. The summed E-state index contributed by atoms with van der Waals surface area (Å²) in [6.07, 6.45) is 0. The van der Waals surface area contributed by atoms with Gasteiger partial charge in [0.2, 0.25) is 5.91 Å². The first kappa shape index (κ1) is 15.0. The lowest BCUT2D eigenvalue weighted by atomic mass is 10.1. The summed E-state index contributed by atoms with van der Waals surface area (Å²) in [5.74, 6) is -3.79. The summed E-state index contributed by atoms with van der Waals surface area (Å²) in [6.45, 7) is 1.25. The van der Waals surface area contributed by atoms with E-state index >= 15 is 0 Å². The number of aliphatic carboxylic acids is 1. The molecule has 1 amide bonds. The zero-order chi connectivity index (χ0) is 14.6. The Kier molecular flexibility index (Phi) is 4.88. The Labute approximate surface area is 114 Å². The minimum absolute atomic E-state index is 0.155. The number of ether oxygens (including phenoxy) is 1. The van der Waals surface area contributed by atoms with Crippen molar-refractivity contribution in [3.05, 3.63) is 28.8 Å². The number of carboxylic acid groups (broad SMARTS) is 1. The molecule has 0 bridgehead atoms. The van der Waals surface area contributed by atoms with E-state index in [2.05, 4.69) is 10.1 Å². The summed E-state index contributed by atoms with van der Waals surface area (Å²) in [7, 11) is 1.22. The van der Waals surface area contributed by atoms with Crippen molar-refractivity contribution in [1.82, 2.24) is 0 Å². The van der Waals surface area contributed by atoms with E-state index in [9.17, 15) is 14.4 Å². The van der Waals surface area contributed by atoms with Crippen LogP contribution in [0.3, 0.4) is 0 Å². The standard InChI is InChI=1S/C12H12ClNO5/c1-6(11(16)17)10(15)14-9-5-7(12(18)19-2)3-4-8(9)13/h3-6H,1-2H3,(H,14,15)(H,16,17). The molecule has 1 aromatic rings. The van der Waals surface area contributed by atoms with Gasteiger partial charge in [0.25, 0.3) is 0 Å². The molecule has 0 spiro atoms. The average Bonchev–Trinajstić information content (AvgIpc) is 2.39. The second-order valence-corrected chi connectivity index (χ2v) is 4.14. The number of rotatable bonds is 4. The normalized spacial score (nSPS) is 11.5. The van der Waals surface area contributed by atoms with Crippen LogP contribution in [0.2, 0.25) is 5.02 Å². The van der Waals surface area contributed by atoms with Crippen molar-refractivity contribution >= 4 is 35.1 Å². The van der Waals surface area contributed by atoms with E-state index in [-0.39, 0.29) is 16.3 Å². The van der Waals surface area contributed by atoms with E-state index in [1.165, 1.54) is 32.2 Å². The molecule has 19 heavy (non-hydrogen) atoms. The van der Waals surface area contributed by atoms with Gasteiger partial charge in [-0.1, -0.05) is 11.6 Å². The molecule has 0 saturated carbocycles. The van der Waals surface area contributed by atoms with Crippen molar-refractivity contribution in [2.45, 2.75) is 6.92 Å². The number of carbonyl (C=O) groups is 3. The van der Waals surface area contributed by atoms with Gasteiger partial charge in [-0.15, -0.1) is 0 Å². The van der Waals surface area contributed by atoms with Gasteiger partial charge in [-0.2, -0.15) is 0 Å². The highest BCUT2D eigenvalue weighted by Gasteiger charge is 2.21. The fourth-order valence-corrected chi connectivity index (χ4v) is 1.38. The molecule has 0 aliphatic rings. The van der Waals surface area contributed by atoms with E-state index in [4.69, 9.17) is 16.7 Å². The largest absolute Gasteiger partial charge is 0.481 e. The van der Waals surface area contributed by atoms with Gasteiger partial charge in [-0.3, -0.25) is 9.59 Å². The number of carboxylic acids is 1. The zero-order valence-corrected chi connectivity index (χ0v) is 11.0. The number of carbonyl (C=O) groups excluding carboxylic acids is 2. The molecule has 0 aliphatic carbocycles. The van der Waals surface area contributed by atoms with Crippen LogP contribution in [0.1, 0.15) is 17.3 Å². The van der Waals surface area contributed by atoms with E-state index in [1.54, 1.807) is 0 Å². The average molecular weight is 286 g/mol. The molecular formula is C12H12ClNO5. The predicted octanol–water partition coefficient (Wildman–Crippen LogP) is 1.79. The van der Waals surface area contributed by atoms with Crippen LogP contribution in [0, 0.1) is 5.92 Å². The lowest BCUT2D eigenvalue weighted by Crippen LogP contribution is -2.27. The first-order valence-electron chi connectivity index (χ1n) is 5.28. The molecule has 1 aromatic carbocycles. The molecule has 6 nitrogen and oxygen atoms in total. The number of esters is 1. The third-order valence-corrected chi connectivity index (χ3v) is 2.74. The van der Waals surface area contributed by atoms with Gasteiger partial charge in [-0.05, 0) is 25.1 Å². The maximum absolute atomic E-state index is 11.6. The van der Waals surface area contributed by atoms with E-state index in [0.717, 1.165) is 0 Å². The lowest BCUT2D eigenvalue weighted by Gasteiger charge is -2.10. The first-order valence-corrected chi connectivity index (χ1v) is 5.66. The summed E-state index contributed by atoms with van der Waals surface area (Å²) in [6, 6.07) is 4.17. The van der Waals surface area contributed by atoms with Gasteiger partial charge in [0.15, 0.2) is 0 Å². The van der Waals surface area contributed by atoms with Crippen LogP contribution in [0.4, 0.5) is 5.69 Å². The number of anilines is 1. The zero-order valence-electron chi connectivity index (χ0n) is 10.3. The summed E-state index contributed by atoms with van der Waals surface area (Å²) < 4.78 is 4.53. The molecule has 0 saturated heterocycles. The van der Waals surface area contributed by atoms with E-state index < -0.39 is 23.8 Å². The third kappa shape index (κ3) is 3.69. The van der Waals surface area contributed by atoms with Crippen LogP contribution in [0.5, 0.6) is 0 Å². The van der Waals surface area contributed by atoms with Crippen molar-refractivity contribution in [3.8, 4) is 0 Å². The minimum atomic E-state index is -1.25. The Morgan fingerprint density at radius 1 is 1.37 bits per heavy atom. The number of methoxy groups -OCH3 is 1. The van der Waals surface area contributed by atoms with Gasteiger partial charge in [0.1, 0.15) is 5.92 Å². The quantitative estimate of drug-likeness (QED) is 0.650. The third-order valence-electron chi connectivity index (χ3n) is 2.41. The molecular weight excluding hydrogens is 274 g/mol. The van der Waals surface area contributed by atoms with Crippen LogP contribution in [-0.4, -0.2) is 30.1 Å². The van der Waals surface area contributed by atoms with Crippen molar-refractivity contribution in [1.29, 1.82) is 0 Å². The van der Waals surface area contributed by atoms with Gasteiger partial charge >= 0.3 is 11.9 Å². The van der Waals surface area contributed by atoms with E-state index in [1.807, 2.05) is 0 Å². The highest BCUT2D eigenvalue weighted by atomic mass is 35.5. The predicted molar refractivity (Wildman–Crippen MR) is 68.2 cm³/mol. The van der Waals surface area contributed by atoms with E-state index in [0.29, 0.717) is 0 Å². The monoisotopic (exact) mass is 285 g/mol. The Morgan fingerprint density at radius 3 is 2.53 bits per heavy atom. The number of hydrogen-bond donors (Lipinski definition) is 2. The second-order valence-electron chi connectivity index (χ2n) is 3.74. The SMILES string of the molecule is COC(=O)c1ccc(Cl)c(NC(=O)C(C)C(=O)O)c1. The van der Waals surface area contributed by atoms with Crippen molar-refractivity contribution < 1.29 is 24.2 Å². The molecule has 1 unspecified atom stereocenters. The van der Waals surface area contributed by atoms with Gasteiger partial charge in [-0.25, -0.2) is 4.79 Å². The fourth-order valence-electron chi connectivity index (χ4n) is 1.22. The molecule has 0 radical (unpaired) electrons. The maximum Gasteiger partial charge on any atom is 0.337 e. The van der Waals surface area contributed by atoms with Crippen molar-refractivity contribution in [2.24, 2.45) is 5.92 Å². The summed E-state index contributed by atoms with van der Waals surface area (Å²) in [5, 5.41) is 11.3. The second kappa shape index (κ2) is 6.19. The Balaban J connectivity index is 2.97. The van der Waals surface area contributed by atoms with Crippen LogP contribution in [-0.2, 0) is 14.3 Å². The Morgan fingerprint density at radius 2 is 2.00 bits per heavy atom. The summed E-state index contributed by atoms with van der Waals surface area (Å²) >= 11 is 5.86. The van der Waals surface area contributed by atoms with Gasteiger partial charge in [0, 0.05) is 0 Å². The van der Waals surface area contributed by atoms with Crippen LogP contribution < -0.4 is 5.32 Å². The number of halogens is 1. The highest BCUT2D eigenvalue weighted by Crippen LogP contribution is 2.24. The Hall–Kier alpha value is -2.08. The molecule has 7 heteroatoms.